The highest BCUT2D eigenvalue weighted by atomic mass is 16.2. The van der Waals surface area contributed by atoms with Gasteiger partial charge in [-0.1, -0.05) is 30.3 Å². The Labute approximate surface area is 96.2 Å². The average molecular weight is 218 g/mol. The molecule has 1 aliphatic heterocycles. The minimum atomic E-state index is -0.163. The lowest BCUT2D eigenvalue weighted by Gasteiger charge is -2.20. The Kier molecular flexibility index (Phi) is 2.97. The van der Waals surface area contributed by atoms with Crippen LogP contribution in [0.3, 0.4) is 0 Å². The van der Waals surface area contributed by atoms with E-state index in [0.29, 0.717) is 6.54 Å². The number of nitrogens with zero attached hydrogens (tertiary/aromatic N) is 1. The molecule has 0 radical (unpaired) electrons. The maximum atomic E-state index is 12.2. The van der Waals surface area contributed by atoms with Crippen molar-refractivity contribution in [2.45, 2.75) is 31.8 Å². The third-order valence-electron chi connectivity index (χ3n) is 3.17. The molecule has 2 rings (SSSR count). The van der Waals surface area contributed by atoms with Gasteiger partial charge in [0.2, 0.25) is 5.91 Å². The summed E-state index contributed by atoms with van der Waals surface area (Å²) in [6, 6.07) is 9.96. The SMILES string of the molecule is CC(C)N1CC(N)C(c2ccccc2)C1=O. The van der Waals surface area contributed by atoms with Gasteiger partial charge in [-0.05, 0) is 19.4 Å². The molecule has 1 saturated heterocycles. The lowest BCUT2D eigenvalue weighted by Crippen LogP contribution is -2.33. The van der Waals surface area contributed by atoms with Gasteiger partial charge in [-0.3, -0.25) is 4.79 Å². The Morgan fingerprint density at radius 3 is 2.44 bits per heavy atom. The highest BCUT2D eigenvalue weighted by Crippen LogP contribution is 2.28. The number of benzene rings is 1. The lowest BCUT2D eigenvalue weighted by atomic mass is 9.94. The van der Waals surface area contributed by atoms with Crippen molar-refractivity contribution >= 4 is 5.91 Å². The van der Waals surface area contributed by atoms with Gasteiger partial charge in [0.05, 0.1) is 5.92 Å². The number of carbonyl (C=O) groups excluding carboxylic acids is 1. The molecule has 1 fully saturated rings. The zero-order chi connectivity index (χ0) is 11.7. The molecule has 1 amide bonds. The summed E-state index contributed by atoms with van der Waals surface area (Å²) in [6.45, 7) is 4.71. The number of likely N-dealkylation sites (tertiary alicyclic amines) is 1. The molecular formula is C13H18N2O. The Hall–Kier alpha value is -1.35. The van der Waals surface area contributed by atoms with Crippen LogP contribution < -0.4 is 5.73 Å². The molecule has 0 saturated carbocycles. The highest BCUT2D eigenvalue weighted by molar-refractivity contribution is 5.87. The van der Waals surface area contributed by atoms with E-state index in [0.717, 1.165) is 5.56 Å². The van der Waals surface area contributed by atoms with Crippen LogP contribution in [0.4, 0.5) is 0 Å². The number of carbonyl (C=O) groups is 1. The first-order valence-electron chi connectivity index (χ1n) is 5.72. The Morgan fingerprint density at radius 2 is 1.94 bits per heavy atom. The van der Waals surface area contributed by atoms with E-state index in [9.17, 15) is 4.79 Å². The molecule has 16 heavy (non-hydrogen) atoms. The van der Waals surface area contributed by atoms with Crippen LogP contribution >= 0.6 is 0 Å². The van der Waals surface area contributed by atoms with Crippen LogP contribution in [0.15, 0.2) is 30.3 Å². The van der Waals surface area contributed by atoms with Crippen LogP contribution in [0.5, 0.6) is 0 Å². The zero-order valence-corrected chi connectivity index (χ0v) is 9.76. The van der Waals surface area contributed by atoms with Gasteiger partial charge in [0.1, 0.15) is 0 Å². The van der Waals surface area contributed by atoms with E-state index < -0.39 is 0 Å². The molecule has 2 unspecified atom stereocenters. The molecule has 2 atom stereocenters. The van der Waals surface area contributed by atoms with Gasteiger partial charge in [0.15, 0.2) is 0 Å². The van der Waals surface area contributed by atoms with Gasteiger partial charge in [-0.2, -0.15) is 0 Å². The van der Waals surface area contributed by atoms with Crippen molar-refractivity contribution in [1.82, 2.24) is 4.90 Å². The summed E-state index contributed by atoms with van der Waals surface area (Å²) >= 11 is 0. The fourth-order valence-corrected chi connectivity index (χ4v) is 2.30. The van der Waals surface area contributed by atoms with E-state index in [1.165, 1.54) is 0 Å². The minimum absolute atomic E-state index is 0.0858. The maximum absolute atomic E-state index is 12.2. The maximum Gasteiger partial charge on any atom is 0.232 e. The second-order valence-corrected chi connectivity index (χ2v) is 4.64. The summed E-state index contributed by atoms with van der Waals surface area (Å²) in [4.78, 5) is 14.1. The summed E-state index contributed by atoms with van der Waals surface area (Å²) in [5.41, 5.74) is 7.10. The summed E-state index contributed by atoms with van der Waals surface area (Å²) in [5, 5.41) is 0. The molecule has 0 spiro atoms. The normalized spacial score (nSPS) is 25.5. The van der Waals surface area contributed by atoms with Crippen molar-refractivity contribution < 1.29 is 4.79 Å². The second-order valence-electron chi connectivity index (χ2n) is 4.64. The van der Waals surface area contributed by atoms with E-state index in [1.807, 2.05) is 49.1 Å². The van der Waals surface area contributed by atoms with Crippen molar-refractivity contribution in [2.24, 2.45) is 5.73 Å². The highest BCUT2D eigenvalue weighted by Gasteiger charge is 2.39. The van der Waals surface area contributed by atoms with Gasteiger partial charge in [0.25, 0.3) is 0 Å². The molecule has 1 aliphatic rings. The van der Waals surface area contributed by atoms with Gasteiger partial charge < -0.3 is 10.6 Å². The molecule has 2 N–H and O–H groups in total. The van der Waals surface area contributed by atoms with Crippen molar-refractivity contribution in [3.63, 3.8) is 0 Å². The quantitative estimate of drug-likeness (QED) is 0.814. The predicted molar refractivity (Wildman–Crippen MR) is 64.0 cm³/mol. The number of hydrogen-bond acceptors (Lipinski definition) is 2. The topological polar surface area (TPSA) is 46.3 Å². The van der Waals surface area contributed by atoms with Crippen LogP contribution in [0.25, 0.3) is 0 Å². The van der Waals surface area contributed by atoms with Gasteiger partial charge in [-0.25, -0.2) is 0 Å². The smallest absolute Gasteiger partial charge is 0.232 e. The van der Waals surface area contributed by atoms with Crippen molar-refractivity contribution in [2.75, 3.05) is 6.54 Å². The molecule has 0 aliphatic carbocycles. The van der Waals surface area contributed by atoms with Crippen LogP contribution in [0, 0.1) is 0 Å². The van der Waals surface area contributed by atoms with E-state index in [2.05, 4.69) is 0 Å². The first-order chi connectivity index (χ1) is 7.61. The fourth-order valence-electron chi connectivity index (χ4n) is 2.30. The number of nitrogens with two attached hydrogens (primary N) is 1. The summed E-state index contributed by atoms with van der Waals surface area (Å²) in [5.74, 6) is -0.00250. The van der Waals surface area contributed by atoms with Gasteiger partial charge in [0, 0.05) is 18.6 Å². The third-order valence-corrected chi connectivity index (χ3v) is 3.17. The second kappa shape index (κ2) is 4.26. The molecule has 1 aromatic carbocycles. The van der Waals surface area contributed by atoms with Crippen molar-refractivity contribution in [3.05, 3.63) is 35.9 Å². The molecule has 0 aromatic heterocycles. The van der Waals surface area contributed by atoms with E-state index >= 15 is 0 Å². The molecule has 1 aromatic rings. The molecule has 3 heteroatoms. The van der Waals surface area contributed by atoms with E-state index in [4.69, 9.17) is 5.73 Å². The van der Waals surface area contributed by atoms with E-state index in [-0.39, 0.29) is 23.9 Å². The summed E-state index contributed by atoms with van der Waals surface area (Å²) in [6.07, 6.45) is 0. The fraction of sp³-hybridized carbons (Fsp3) is 0.462. The largest absolute Gasteiger partial charge is 0.338 e. The molecule has 3 nitrogen and oxygen atoms in total. The standard InChI is InChI=1S/C13H18N2O/c1-9(2)15-8-11(14)12(13(15)16)10-6-4-3-5-7-10/h3-7,9,11-12H,8,14H2,1-2H3. The third kappa shape index (κ3) is 1.83. The van der Waals surface area contributed by atoms with Crippen LogP contribution in [-0.2, 0) is 4.79 Å². The number of amides is 1. The molecule has 86 valence electrons. The zero-order valence-electron chi connectivity index (χ0n) is 9.76. The van der Waals surface area contributed by atoms with Crippen LogP contribution in [0.2, 0.25) is 0 Å². The minimum Gasteiger partial charge on any atom is -0.338 e. The van der Waals surface area contributed by atoms with Crippen LogP contribution in [0.1, 0.15) is 25.3 Å². The Bertz CT molecular complexity index is 375. The number of hydrogen-bond donors (Lipinski definition) is 1. The van der Waals surface area contributed by atoms with Crippen molar-refractivity contribution in [3.8, 4) is 0 Å². The van der Waals surface area contributed by atoms with Gasteiger partial charge >= 0.3 is 0 Å². The molecular weight excluding hydrogens is 200 g/mol. The lowest BCUT2D eigenvalue weighted by molar-refractivity contribution is -0.130. The predicted octanol–water partition coefficient (Wildman–Crippen LogP) is 1.35. The average Bonchev–Trinajstić information content (AvgIpc) is 2.56. The first kappa shape index (κ1) is 11.1. The van der Waals surface area contributed by atoms with Gasteiger partial charge in [-0.15, -0.1) is 0 Å². The molecule has 0 bridgehead atoms. The summed E-state index contributed by atoms with van der Waals surface area (Å²) in [7, 11) is 0. The van der Waals surface area contributed by atoms with E-state index in [1.54, 1.807) is 0 Å². The number of rotatable bonds is 2. The van der Waals surface area contributed by atoms with Crippen LogP contribution in [-0.4, -0.2) is 29.4 Å². The molecule has 1 heterocycles. The Balaban J connectivity index is 2.27. The first-order valence-corrected chi connectivity index (χ1v) is 5.72. The summed E-state index contributed by atoms with van der Waals surface area (Å²) < 4.78 is 0. The monoisotopic (exact) mass is 218 g/mol. The van der Waals surface area contributed by atoms with Crippen molar-refractivity contribution in [1.29, 1.82) is 0 Å². The Morgan fingerprint density at radius 1 is 1.31 bits per heavy atom.